The standard InChI is InChI=1S/C17H24.H2/c1-2-16(11-13-5-3-4-6-13)17-8-7-14-9-15(10-14)12-17;/h3,5,13-15,17H,1,4,6-12H2;1H. The molecule has 2 bridgehead atoms. The highest BCUT2D eigenvalue weighted by molar-refractivity contribution is 5.12. The minimum Gasteiger partial charge on any atom is -0.129 e. The van der Waals surface area contributed by atoms with Crippen LogP contribution in [0.2, 0.25) is 0 Å². The molecule has 0 heterocycles. The predicted molar refractivity (Wildman–Crippen MR) is 74.8 cm³/mol. The molecule has 4 aliphatic rings. The lowest BCUT2D eigenvalue weighted by molar-refractivity contribution is 0.195. The summed E-state index contributed by atoms with van der Waals surface area (Å²) in [4.78, 5) is 0. The largest absolute Gasteiger partial charge is 0.129 e. The van der Waals surface area contributed by atoms with Crippen molar-refractivity contribution < 1.29 is 1.43 Å². The van der Waals surface area contributed by atoms with Gasteiger partial charge in [-0.15, -0.1) is 5.73 Å². The van der Waals surface area contributed by atoms with Gasteiger partial charge < -0.3 is 0 Å². The molecule has 0 spiro atoms. The summed E-state index contributed by atoms with van der Waals surface area (Å²) < 4.78 is 0. The molecule has 4 aliphatic carbocycles. The number of fused-ring (bicyclic) bond motifs is 3. The van der Waals surface area contributed by atoms with Crippen molar-refractivity contribution in [2.24, 2.45) is 23.7 Å². The second kappa shape index (κ2) is 4.86. The van der Waals surface area contributed by atoms with E-state index in [-0.39, 0.29) is 1.43 Å². The number of hydrogen-bond donors (Lipinski definition) is 0. The van der Waals surface area contributed by atoms with Gasteiger partial charge in [-0.2, -0.15) is 0 Å². The van der Waals surface area contributed by atoms with Crippen molar-refractivity contribution in [3.8, 4) is 0 Å². The van der Waals surface area contributed by atoms with Crippen molar-refractivity contribution in [1.82, 2.24) is 0 Å². The van der Waals surface area contributed by atoms with Crippen LogP contribution in [0.1, 0.15) is 52.8 Å². The molecular formula is C17H26. The van der Waals surface area contributed by atoms with Crippen LogP contribution >= 0.6 is 0 Å². The van der Waals surface area contributed by atoms with Gasteiger partial charge in [-0.3, -0.25) is 0 Å². The molecule has 0 aromatic carbocycles. The van der Waals surface area contributed by atoms with Crippen LogP contribution in [0, 0.1) is 23.7 Å². The highest BCUT2D eigenvalue weighted by Gasteiger charge is 2.36. The second-order valence-corrected chi connectivity index (χ2v) is 6.39. The zero-order valence-electron chi connectivity index (χ0n) is 10.8. The summed E-state index contributed by atoms with van der Waals surface area (Å²) in [6, 6.07) is 0. The fourth-order valence-electron chi connectivity index (χ4n) is 4.11. The van der Waals surface area contributed by atoms with Crippen LogP contribution in [-0.4, -0.2) is 0 Å². The lowest BCUT2D eigenvalue weighted by Gasteiger charge is -2.32. The summed E-state index contributed by atoms with van der Waals surface area (Å²) in [7, 11) is 0. The average Bonchev–Trinajstić information content (AvgIpc) is 2.60. The molecule has 0 N–H and O–H groups in total. The first-order valence-corrected chi connectivity index (χ1v) is 7.40. The Hall–Kier alpha value is -0.740. The van der Waals surface area contributed by atoms with Crippen LogP contribution in [0.5, 0.6) is 0 Å². The van der Waals surface area contributed by atoms with Gasteiger partial charge in [0.15, 0.2) is 0 Å². The fourth-order valence-corrected chi connectivity index (χ4v) is 4.11. The van der Waals surface area contributed by atoms with E-state index in [1.54, 1.807) is 5.57 Å². The van der Waals surface area contributed by atoms with E-state index in [0.29, 0.717) is 0 Å². The van der Waals surface area contributed by atoms with Gasteiger partial charge in [-0.1, -0.05) is 18.7 Å². The minimum absolute atomic E-state index is 0. The minimum atomic E-state index is 0. The first-order valence-electron chi connectivity index (χ1n) is 7.40. The van der Waals surface area contributed by atoms with Gasteiger partial charge in [0, 0.05) is 1.43 Å². The third-order valence-electron chi connectivity index (χ3n) is 5.19. The van der Waals surface area contributed by atoms with Gasteiger partial charge >= 0.3 is 0 Å². The van der Waals surface area contributed by atoms with Crippen molar-refractivity contribution in [1.29, 1.82) is 0 Å². The maximum absolute atomic E-state index is 3.96. The van der Waals surface area contributed by atoms with Crippen molar-refractivity contribution in [2.45, 2.75) is 51.4 Å². The van der Waals surface area contributed by atoms with E-state index < -0.39 is 0 Å². The monoisotopic (exact) mass is 230 g/mol. The van der Waals surface area contributed by atoms with Crippen molar-refractivity contribution >= 4 is 0 Å². The highest BCUT2D eigenvalue weighted by Crippen LogP contribution is 2.48. The third kappa shape index (κ3) is 2.43. The van der Waals surface area contributed by atoms with E-state index >= 15 is 0 Å². The summed E-state index contributed by atoms with van der Waals surface area (Å²) in [6.07, 6.45) is 16.0. The Morgan fingerprint density at radius 2 is 2.06 bits per heavy atom. The molecule has 94 valence electrons. The molecule has 3 fully saturated rings. The van der Waals surface area contributed by atoms with Crippen molar-refractivity contribution in [3.05, 3.63) is 30.0 Å². The van der Waals surface area contributed by atoms with Gasteiger partial charge in [0.25, 0.3) is 0 Å². The van der Waals surface area contributed by atoms with E-state index in [9.17, 15) is 0 Å². The van der Waals surface area contributed by atoms with Gasteiger partial charge in [0.2, 0.25) is 0 Å². The van der Waals surface area contributed by atoms with Gasteiger partial charge in [0.05, 0.1) is 0 Å². The molecule has 0 aliphatic heterocycles. The van der Waals surface area contributed by atoms with Crippen LogP contribution in [-0.2, 0) is 0 Å². The normalized spacial score (nSPS) is 39.3. The highest BCUT2D eigenvalue weighted by atomic mass is 14.4. The van der Waals surface area contributed by atoms with Crippen LogP contribution in [0.15, 0.2) is 30.0 Å². The van der Waals surface area contributed by atoms with Gasteiger partial charge in [-0.25, -0.2) is 0 Å². The Kier molecular flexibility index (Phi) is 3.25. The summed E-state index contributed by atoms with van der Waals surface area (Å²) in [5, 5.41) is 0. The van der Waals surface area contributed by atoms with Crippen LogP contribution in [0.3, 0.4) is 0 Å². The molecule has 0 nitrogen and oxygen atoms in total. The van der Waals surface area contributed by atoms with E-state index in [0.717, 1.165) is 23.7 Å². The zero-order valence-corrected chi connectivity index (χ0v) is 10.8. The first-order chi connectivity index (χ1) is 8.35. The summed E-state index contributed by atoms with van der Waals surface area (Å²) in [5.41, 5.74) is 4.85. The molecule has 0 aromatic heterocycles. The summed E-state index contributed by atoms with van der Waals surface area (Å²) >= 11 is 0. The molecule has 0 amide bonds. The molecule has 4 rings (SSSR count). The van der Waals surface area contributed by atoms with Crippen LogP contribution < -0.4 is 0 Å². The second-order valence-electron chi connectivity index (χ2n) is 6.39. The maximum atomic E-state index is 3.96. The first kappa shape index (κ1) is 11.4. The zero-order chi connectivity index (χ0) is 11.7. The molecule has 17 heavy (non-hydrogen) atoms. The van der Waals surface area contributed by atoms with Gasteiger partial charge in [-0.05, 0) is 80.6 Å². The predicted octanol–water partition coefficient (Wildman–Crippen LogP) is 5.13. The third-order valence-corrected chi connectivity index (χ3v) is 5.19. The van der Waals surface area contributed by atoms with Crippen LogP contribution in [0.4, 0.5) is 0 Å². The molecule has 0 radical (unpaired) electrons. The topological polar surface area (TPSA) is 0 Å². The maximum Gasteiger partial charge on any atom is 0 e. The lowest BCUT2D eigenvalue weighted by Crippen LogP contribution is -2.21. The SMILES string of the molecule is C=C=C(CC1C=CCC1)C1CCC2CC(C2)C1.[HH]. The van der Waals surface area contributed by atoms with Crippen molar-refractivity contribution in [2.75, 3.05) is 0 Å². The summed E-state index contributed by atoms with van der Waals surface area (Å²) in [5.74, 6) is 3.72. The molecule has 0 saturated heterocycles. The molecule has 2 atom stereocenters. The molecule has 3 saturated carbocycles. The Morgan fingerprint density at radius 3 is 2.76 bits per heavy atom. The van der Waals surface area contributed by atoms with E-state index in [1.807, 2.05) is 0 Å². The molecule has 2 unspecified atom stereocenters. The quantitative estimate of drug-likeness (QED) is 0.466. The number of rotatable bonds is 3. The Balaban J connectivity index is 0.00000120. The Bertz CT molecular complexity index is 356. The Morgan fingerprint density at radius 1 is 1.18 bits per heavy atom. The lowest BCUT2D eigenvalue weighted by atomic mass is 9.73. The van der Waals surface area contributed by atoms with Gasteiger partial charge in [0.1, 0.15) is 0 Å². The number of allylic oxidation sites excluding steroid dienone is 3. The van der Waals surface area contributed by atoms with E-state index in [1.165, 1.54) is 51.4 Å². The summed E-state index contributed by atoms with van der Waals surface area (Å²) in [6.45, 7) is 3.96. The fraction of sp³-hybridized carbons (Fsp3) is 0.706. The number of hydrogen-bond acceptors (Lipinski definition) is 0. The van der Waals surface area contributed by atoms with E-state index in [4.69, 9.17) is 0 Å². The molecule has 0 aromatic rings. The Labute approximate surface area is 107 Å². The average molecular weight is 230 g/mol. The molecular weight excluding hydrogens is 204 g/mol. The smallest absolute Gasteiger partial charge is 0 e. The van der Waals surface area contributed by atoms with Crippen molar-refractivity contribution in [3.63, 3.8) is 0 Å². The molecule has 0 heteroatoms. The van der Waals surface area contributed by atoms with Crippen LogP contribution in [0.25, 0.3) is 0 Å². The van der Waals surface area contributed by atoms with E-state index in [2.05, 4.69) is 24.5 Å².